The van der Waals surface area contributed by atoms with Gasteiger partial charge >= 0.3 is 6.30 Å². The number of aryl methyl sites for hydroxylation is 1. The summed E-state index contributed by atoms with van der Waals surface area (Å²) >= 11 is 0. The zero-order valence-corrected chi connectivity index (χ0v) is 7.14. The molecule has 0 radical (unpaired) electrons. The number of hydrogen-bond acceptors (Lipinski definition) is 2. The molecule has 1 aliphatic rings. The standard InChI is InChI=1S/C8H7F3N2O/c9-8(10,11)13-7-5(4-12-13)2-1-3-6(7)14/h4H,1-3H2. The molecule has 14 heavy (non-hydrogen) atoms. The van der Waals surface area contributed by atoms with Crippen molar-refractivity contribution in [2.24, 2.45) is 0 Å². The highest BCUT2D eigenvalue weighted by molar-refractivity contribution is 5.96. The third-order valence-electron chi connectivity index (χ3n) is 2.20. The predicted molar refractivity (Wildman–Crippen MR) is 40.8 cm³/mol. The van der Waals surface area contributed by atoms with E-state index in [1.54, 1.807) is 0 Å². The Labute approximate surface area is 77.5 Å². The lowest BCUT2D eigenvalue weighted by Gasteiger charge is -2.14. The Bertz CT molecular complexity index is 380. The van der Waals surface area contributed by atoms with Crippen LogP contribution >= 0.6 is 0 Å². The molecule has 2 rings (SSSR count). The van der Waals surface area contributed by atoms with E-state index in [0.29, 0.717) is 18.4 Å². The SMILES string of the molecule is O=C1CCCc2cnn(C(F)(F)F)c21. The maximum Gasteiger partial charge on any atom is 0.505 e. The van der Waals surface area contributed by atoms with Crippen LogP contribution in [0, 0.1) is 0 Å². The second kappa shape index (κ2) is 2.83. The van der Waals surface area contributed by atoms with Crippen LogP contribution in [0.25, 0.3) is 0 Å². The second-order valence-corrected chi connectivity index (χ2v) is 3.17. The van der Waals surface area contributed by atoms with Gasteiger partial charge in [-0.25, -0.2) is 0 Å². The minimum Gasteiger partial charge on any atom is -0.292 e. The fourth-order valence-electron chi connectivity index (χ4n) is 1.61. The highest BCUT2D eigenvalue weighted by Gasteiger charge is 2.38. The molecule has 1 heterocycles. The van der Waals surface area contributed by atoms with E-state index >= 15 is 0 Å². The zero-order chi connectivity index (χ0) is 10.3. The van der Waals surface area contributed by atoms with E-state index in [1.807, 2.05) is 0 Å². The van der Waals surface area contributed by atoms with Crippen molar-refractivity contribution in [2.75, 3.05) is 0 Å². The molecule has 1 aromatic rings. The lowest BCUT2D eigenvalue weighted by molar-refractivity contribution is -0.213. The fraction of sp³-hybridized carbons (Fsp3) is 0.500. The number of carbonyl (C=O) groups is 1. The van der Waals surface area contributed by atoms with Crippen LogP contribution < -0.4 is 0 Å². The van der Waals surface area contributed by atoms with Crippen molar-refractivity contribution < 1.29 is 18.0 Å². The Balaban J connectivity index is 2.54. The van der Waals surface area contributed by atoms with E-state index in [9.17, 15) is 18.0 Å². The average Bonchev–Trinajstić information content (AvgIpc) is 2.47. The summed E-state index contributed by atoms with van der Waals surface area (Å²) in [7, 11) is 0. The lowest BCUT2D eigenvalue weighted by Crippen LogP contribution is -2.25. The molecular formula is C8H7F3N2O. The van der Waals surface area contributed by atoms with Crippen molar-refractivity contribution in [3.8, 4) is 0 Å². The largest absolute Gasteiger partial charge is 0.505 e. The molecule has 1 aliphatic carbocycles. The summed E-state index contributed by atoms with van der Waals surface area (Å²) in [4.78, 5) is 11.3. The van der Waals surface area contributed by atoms with Gasteiger partial charge in [-0.05, 0) is 12.8 Å². The maximum absolute atomic E-state index is 12.3. The van der Waals surface area contributed by atoms with Gasteiger partial charge in [-0.1, -0.05) is 0 Å². The number of alkyl halides is 3. The fourth-order valence-corrected chi connectivity index (χ4v) is 1.61. The molecule has 0 bridgehead atoms. The van der Waals surface area contributed by atoms with E-state index in [0.717, 1.165) is 6.20 Å². The van der Waals surface area contributed by atoms with Crippen molar-refractivity contribution in [1.82, 2.24) is 9.78 Å². The summed E-state index contributed by atoms with van der Waals surface area (Å²) in [5, 5.41) is 3.19. The summed E-state index contributed by atoms with van der Waals surface area (Å²) in [5.41, 5.74) is 0.113. The molecule has 0 atom stereocenters. The number of aromatic nitrogens is 2. The summed E-state index contributed by atoms with van der Waals surface area (Å²) in [5.74, 6) is -0.471. The Kier molecular flexibility index (Phi) is 1.87. The Morgan fingerprint density at radius 3 is 2.71 bits per heavy atom. The third-order valence-corrected chi connectivity index (χ3v) is 2.20. The molecule has 0 aliphatic heterocycles. The Morgan fingerprint density at radius 1 is 1.36 bits per heavy atom. The molecule has 1 aromatic heterocycles. The number of carbonyl (C=O) groups excluding carboxylic acids is 1. The van der Waals surface area contributed by atoms with E-state index in [2.05, 4.69) is 5.10 Å². The number of Topliss-reactive ketones (excluding diaryl/α,β-unsaturated/α-hetero) is 1. The lowest BCUT2D eigenvalue weighted by atomic mass is 9.97. The van der Waals surface area contributed by atoms with Crippen molar-refractivity contribution in [1.29, 1.82) is 0 Å². The molecule has 0 saturated heterocycles. The number of halogens is 3. The van der Waals surface area contributed by atoms with Crippen molar-refractivity contribution in [3.63, 3.8) is 0 Å². The van der Waals surface area contributed by atoms with E-state index in [1.165, 1.54) is 0 Å². The molecule has 0 spiro atoms. The number of nitrogens with zero attached hydrogens (tertiary/aromatic N) is 2. The van der Waals surface area contributed by atoms with Gasteiger partial charge in [-0.15, -0.1) is 13.2 Å². The summed E-state index contributed by atoms with van der Waals surface area (Å²) in [6.45, 7) is 0. The smallest absolute Gasteiger partial charge is 0.292 e. The van der Waals surface area contributed by atoms with Crippen LogP contribution in [0.5, 0.6) is 0 Å². The van der Waals surface area contributed by atoms with Crippen LogP contribution in [-0.2, 0) is 12.7 Å². The maximum atomic E-state index is 12.3. The first-order valence-corrected chi connectivity index (χ1v) is 4.17. The predicted octanol–water partition coefficient (Wildman–Crippen LogP) is 1.88. The van der Waals surface area contributed by atoms with Crippen LogP contribution in [0.1, 0.15) is 28.9 Å². The van der Waals surface area contributed by atoms with Gasteiger partial charge in [0.25, 0.3) is 0 Å². The molecule has 76 valence electrons. The number of hydrogen-bond donors (Lipinski definition) is 0. The first-order chi connectivity index (χ1) is 6.50. The quantitative estimate of drug-likeness (QED) is 0.646. The van der Waals surface area contributed by atoms with E-state index < -0.39 is 12.1 Å². The van der Waals surface area contributed by atoms with Gasteiger partial charge in [0.15, 0.2) is 5.78 Å². The van der Waals surface area contributed by atoms with Crippen LogP contribution in [0.15, 0.2) is 6.20 Å². The van der Waals surface area contributed by atoms with Gasteiger partial charge in [0.1, 0.15) is 5.69 Å². The van der Waals surface area contributed by atoms with Crippen LogP contribution in [0.4, 0.5) is 13.2 Å². The molecule has 6 heteroatoms. The van der Waals surface area contributed by atoms with Gasteiger partial charge in [-0.2, -0.15) is 9.78 Å². The molecule has 0 saturated carbocycles. The molecule has 0 fully saturated rings. The van der Waals surface area contributed by atoms with E-state index in [-0.39, 0.29) is 16.8 Å². The second-order valence-electron chi connectivity index (χ2n) is 3.17. The summed E-state index contributed by atoms with van der Waals surface area (Å²) in [6.07, 6.45) is -2.19. The molecule has 0 N–H and O–H groups in total. The van der Waals surface area contributed by atoms with Crippen LogP contribution in [0.2, 0.25) is 0 Å². The monoisotopic (exact) mass is 204 g/mol. The van der Waals surface area contributed by atoms with Crippen molar-refractivity contribution in [2.45, 2.75) is 25.6 Å². The molecule has 0 aromatic carbocycles. The highest BCUT2D eigenvalue weighted by atomic mass is 19.4. The zero-order valence-electron chi connectivity index (χ0n) is 7.14. The minimum absolute atomic E-state index is 0.135. The Morgan fingerprint density at radius 2 is 2.07 bits per heavy atom. The van der Waals surface area contributed by atoms with Crippen molar-refractivity contribution >= 4 is 5.78 Å². The van der Waals surface area contributed by atoms with Crippen LogP contribution in [-0.4, -0.2) is 15.6 Å². The number of fused-ring (bicyclic) bond motifs is 1. The highest BCUT2D eigenvalue weighted by Crippen LogP contribution is 2.28. The van der Waals surface area contributed by atoms with Gasteiger partial charge in [0, 0.05) is 12.0 Å². The topological polar surface area (TPSA) is 34.9 Å². The van der Waals surface area contributed by atoms with Crippen LogP contribution in [0.3, 0.4) is 0 Å². The summed E-state index contributed by atoms with van der Waals surface area (Å²) in [6, 6.07) is 0. The molecule has 0 unspecified atom stereocenters. The van der Waals surface area contributed by atoms with E-state index in [4.69, 9.17) is 0 Å². The number of ketones is 1. The van der Waals surface area contributed by atoms with Gasteiger partial charge in [0.2, 0.25) is 0 Å². The average molecular weight is 204 g/mol. The summed E-state index contributed by atoms with van der Waals surface area (Å²) < 4.78 is 36.9. The third kappa shape index (κ3) is 1.30. The minimum atomic E-state index is -4.60. The number of rotatable bonds is 0. The first-order valence-electron chi connectivity index (χ1n) is 4.17. The van der Waals surface area contributed by atoms with Gasteiger partial charge in [-0.3, -0.25) is 4.79 Å². The van der Waals surface area contributed by atoms with Gasteiger partial charge in [0.05, 0.1) is 6.20 Å². The van der Waals surface area contributed by atoms with Gasteiger partial charge < -0.3 is 0 Å². The van der Waals surface area contributed by atoms with Crippen molar-refractivity contribution in [3.05, 3.63) is 17.5 Å². The Hall–Kier alpha value is -1.33. The molecular weight excluding hydrogens is 197 g/mol. The normalized spacial score (nSPS) is 16.9. The molecule has 0 amide bonds. The first kappa shape index (κ1) is 9.23. The molecule has 3 nitrogen and oxygen atoms in total.